The molecule has 0 aromatic carbocycles. The zero-order chi connectivity index (χ0) is 12.3. The first-order chi connectivity index (χ1) is 8.19. The minimum Gasteiger partial charge on any atom is -0.382 e. The molecule has 0 spiro atoms. The lowest BCUT2D eigenvalue weighted by molar-refractivity contribution is -0.131. The van der Waals surface area contributed by atoms with E-state index in [9.17, 15) is 4.79 Å². The van der Waals surface area contributed by atoms with Crippen molar-refractivity contribution in [3.63, 3.8) is 0 Å². The number of hydrogen-bond acceptors (Lipinski definition) is 6. The number of nitrogens with two attached hydrogens (primary N) is 1. The Morgan fingerprint density at radius 2 is 2.59 bits per heavy atom. The van der Waals surface area contributed by atoms with Crippen LogP contribution < -0.4 is 11.1 Å². The molecule has 92 valence electrons. The minimum atomic E-state index is -0.499. The van der Waals surface area contributed by atoms with Crippen LogP contribution in [0.4, 0.5) is 5.13 Å². The van der Waals surface area contributed by atoms with Crippen LogP contribution in [-0.4, -0.2) is 22.7 Å². The topological polar surface area (TPSA) is 89.6 Å². The standard InChI is InChI=1S/C10H14N4O2S/c1-2-6-3-8(16-14-6)9(15)12-4-7-5-17-10(11)13-7/h5,8H,2-4H2,1H3,(H2,11,13)(H,12,15). The molecule has 2 heterocycles. The third-order valence-electron chi connectivity index (χ3n) is 2.44. The van der Waals surface area contributed by atoms with Gasteiger partial charge in [0.1, 0.15) is 0 Å². The first-order valence-electron chi connectivity index (χ1n) is 5.38. The number of carbonyl (C=O) groups excluding carboxylic acids is 1. The Morgan fingerprint density at radius 1 is 1.76 bits per heavy atom. The molecule has 2 rings (SSSR count). The van der Waals surface area contributed by atoms with E-state index >= 15 is 0 Å². The summed E-state index contributed by atoms with van der Waals surface area (Å²) in [7, 11) is 0. The Kier molecular flexibility index (Phi) is 3.58. The van der Waals surface area contributed by atoms with E-state index in [1.165, 1.54) is 11.3 Å². The summed E-state index contributed by atoms with van der Waals surface area (Å²) in [5, 5.41) is 8.91. The van der Waals surface area contributed by atoms with Crippen LogP contribution in [0.15, 0.2) is 10.5 Å². The number of nitrogen functional groups attached to an aromatic ring is 1. The Hall–Kier alpha value is -1.63. The second-order valence-corrected chi connectivity index (χ2v) is 4.59. The number of anilines is 1. The highest BCUT2D eigenvalue weighted by atomic mass is 32.1. The van der Waals surface area contributed by atoms with Gasteiger partial charge >= 0.3 is 0 Å². The van der Waals surface area contributed by atoms with E-state index in [1.54, 1.807) is 0 Å². The minimum absolute atomic E-state index is 0.163. The van der Waals surface area contributed by atoms with Crippen molar-refractivity contribution in [1.29, 1.82) is 0 Å². The largest absolute Gasteiger partial charge is 0.382 e. The Morgan fingerprint density at radius 3 is 3.18 bits per heavy atom. The number of nitrogens with zero attached hydrogens (tertiary/aromatic N) is 2. The molecule has 0 radical (unpaired) electrons. The fourth-order valence-corrected chi connectivity index (χ4v) is 2.03. The lowest BCUT2D eigenvalue weighted by Gasteiger charge is -2.07. The van der Waals surface area contributed by atoms with Crippen LogP contribution in [0.5, 0.6) is 0 Å². The molecular formula is C10H14N4O2S. The van der Waals surface area contributed by atoms with E-state index in [2.05, 4.69) is 15.5 Å². The fourth-order valence-electron chi connectivity index (χ4n) is 1.47. The quantitative estimate of drug-likeness (QED) is 0.835. The summed E-state index contributed by atoms with van der Waals surface area (Å²) >= 11 is 1.35. The van der Waals surface area contributed by atoms with Crippen LogP contribution >= 0.6 is 11.3 Å². The third kappa shape index (κ3) is 2.94. The number of amides is 1. The third-order valence-corrected chi connectivity index (χ3v) is 3.17. The van der Waals surface area contributed by atoms with E-state index in [0.717, 1.165) is 17.8 Å². The van der Waals surface area contributed by atoms with Gasteiger partial charge in [-0.05, 0) is 6.42 Å². The highest BCUT2D eigenvalue weighted by Gasteiger charge is 2.26. The first kappa shape index (κ1) is 11.8. The second-order valence-electron chi connectivity index (χ2n) is 3.70. The Bertz CT molecular complexity index is 443. The summed E-state index contributed by atoms with van der Waals surface area (Å²) in [5.74, 6) is -0.163. The van der Waals surface area contributed by atoms with Gasteiger partial charge in [-0.25, -0.2) is 4.98 Å². The van der Waals surface area contributed by atoms with Crippen molar-refractivity contribution in [3.05, 3.63) is 11.1 Å². The van der Waals surface area contributed by atoms with Crippen LogP contribution in [0.1, 0.15) is 25.5 Å². The van der Waals surface area contributed by atoms with Gasteiger partial charge in [0.05, 0.1) is 18.0 Å². The number of nitrogens with one attached hydrogen (secondary N) is 1. The maximum absolute atomic E-state index is 11.7. The molecule has 1 aliphatic heterocycles. The molecule has 1 atom stereocenters. The maximum atomic E-state index is 11.7. The van der Waals surface area contributed by atoms with Crippen LogP contribution in [0, 0.1) is 0 Å². The van der Waals surface area contributed by atoms with E-state index in [-0.39, 0.29) is 5.91 Å². The van der Waals surface area contributed by atoms with Crippen molar-refractivity contribution < 1.29 is 9.63 Å². The number of thiazole rings is 1. The van der Waals surface area contributed by atoms with Crippen molar-refractivity contribution in [2.45, 2.75) is 32.4 Å². The highest BCUT2D eigenvalue weighted by molar-refractivity contribution is 7.13. The molecule has 6 nitrogen and oxygen atoms in total. The monoisotopic (exact) mass is 254 g/mol. The van der Waals surface area contributed by atoms with Crippen molar-refractivity contribution in [2.75, 3.05) is 5.73 Å². The summed E-state index contributed by atoms with van der Waals surface area (Å²) in [6, 6.07) is 0. The molecule has 1 amide bonds. The van der Waals surface area contributed by atoms with Gasteiger partial charge in [-0.15, -0.1) is 11.3 Å². The molecule has 1 aliphatic rings. The van der Waals surface area contributed by atoms with Crippen molar-refractivity contribution in [1.82, 2.24) is 10.3 Å². The number of rotatable bonds is 4. The zero-order valence-electron chi connectivity index (χ0n) is 9.47. The lowest BCUT2D eigenvalue weighted by Crippen LogP contribution is -2.34. The number of hydrogen-bond donors (Lipinski definition) is 2. The van der Waals surface area contributed by atoms with E-state index < -0.39 is 6.10 Å². The van der Waals surface area contributed by atoms with Gasteiger partial charge in [-0.3, -0.25) is 4.79 Å². The van der Waals surface area contributed by atoms with Gasteiger partial charge in [-0.2, -0.15) is 0 Å². The number of oxime groups is 1. The first-order valence-corrected chi connectivity index (χ1v) is 6.26. The smallest absolute Gasteiger partial charge is 0.264 e. The predicted molar refractivity (Wildman–Crippen MR) is 65.6 cm³/mol. The molecule has 1 unspecified atom stereocenters. The Labute approximate surface area is 103 Å². The van der Waals surface area contributed by atoms with E-state index in [0.29, 0.717) is 18.1 Å². The summed E-state index contributed by atoms with van der Waals surface area (Å²) in [6.07, 6.45) is 0.884. The van der Waals surface area contributed by atoms with Crippen LogP contribution in [-0.2, 0) is 16.2 Å². The highest BCUT2D eigenvalue weighted by Crippen LogP contribution is 2.14. The van der Waals surface area contributed by atoms with E-state index in [1.807, 2.05) is 12.3 Å². The van der Waals surface area contributed by atoms with Crippen LogP contribution in [0.25, 0.3) is 0 Å². The van der Waals surface area contributed by atoms with Crippen molar-refractivity contribution >= 4 is 28.1 Å². The number of aromatic nitrogens is 1. The van der Waals surface area contributed by atoms with Gasteiger partial charge in [0.25, 0.3) is 5.91 Å². The molecule has 0 fully saturated rings. The molecular weight excluding hydrogens is 240 g/mol. The van der Waals surface area contributed by atoms with Gasteiger partial charge in [0.15, 0.2) is 5.13 Å². The Balaban J connectivity index is 1.79. The van der Waals surface area contributed by atoms with Gasteiger partial charge in [-0.1, -0.05) is 12.1 Å². The van der Waals surface area contributed by atoms with Gasteiger partial charge in [0, 0.05) is 11.8 Å². The van der Waals surface area contributed by atoms with Gasteiger partial charge in [0.2, 0.25) is 6.10 Å². The summed E-state index contributed by atoms with van der Waals surface area (Å²) in [4.78, 5) is 20.8. The molecule has 0 bridgehead atoms. The van der Waals surface area contributed by atoms with Crippen LogP contribution in [0.2, 0.25) is 0 Å². The molecule has 3 N–H and O–H groups in total. The molecule has 1 aromatic rings. The average molecular weight is 254 g/mol. The molecule has 7 heteroatoms. The van der Waals surface area contributed by atoms with Crippen molar-refractivity contribution in [2.24, 2.45) is 5.16 Å². The van der Waals surface area contributed by atoms with E-state index in [4.69, 9.17) is 10.6 Å². The average Bonchev–Trinajstić information content (AvgIpc) is 2.94. The zero-order valence-corrected chi connectivity index (χ0v) is 10.3. The molecule has 0 saturated heterocycles. The molecule has 0 saturated carbocycles. The van der Waals surface area contributed by atoms with Gasteiger partial charge < -0.3 is 15.9 Å². The normalized spacial score (nSPS) is 18.6. The molecule has 1 aromatic heterocycles. The predicted octanol–water partition coefficient (Wildman–Crippen LogP) is 0.896. The summed E-state index contributed by atoms with van der Waals surface area (Å²) in [5.41, 5.74) is 7.17. The maximum Gasteiger partial charge on any atom is 0.264 e. The number of carbonyl (C=O) groups is 1. The van der Waals surface area contributed by atoms with Crippen molar-refractivity contribution in [3.8, 4) is 0 Å². The second kappa shape index (κ2) is 5.13. The summed E-state index contributed by atoms with van der Waals surface area (Å²) in [6.45, 7) is 2.36. The molecule has 17 heavy (non-hydrogen) atoms. The SMILES string of the molecule is CCC1=NOC(C(=O)NCc2csc(N)n2)C1. The van der Waals surface area contributed by atoms with Crippen LogP contribution in [0.3, 0.4) is 0 Å². The summed E-state index contributed by atoms with van der Waals surface area (Å²) < 4.78 is 0. The fraction of sp³-hybridized carbons (Fsp3) is 0.500. The molecule has 0 aliphatic carbocycles. The lowest BCUT2D eigenvalue weighted by atomic mass is 10.1.